The first kappa shape index (κ1) is 9.02. The summed E-state index contributed by atoms with van der Waals surface area (Å²) in [5.41, 5.74) is 0. The zero-order valence-corrected chi connectivity index (χ0v) is 6.28. The molecule has 0 aromatic carbocycles. The van der Waals surface area contributed by atoms with Crippen LogP contribution in [0.2, 0.25) is 0 Å². The van der Waals surface area contributed by atoms with Crippen molar-refractivity contribution in [2.75, 3.05) is 0 Å². The summed E-state index contributed by atoms with van der Waals surface area (Å²) in [5, 5.41) is 0. The molecule has 0 amide bonds. The normalized spacial score (nSPS) is 4.20. The van der Waals surface area contributed by atoms with Crippen LogP contribution in [0.5, 0.6) is 0 Å². The van der Waals surface area contributed by atoms with Crippen LogP contribution >= 0.6 is 0 Å². The van der Waals surface area contributed by atoms with Crippen molar-refractivity contribution in [3.63, 3.8) is 0 Å². The van der Waals surface area contributed by atoms with Crippen LogP contribution in [0.15, 0.2) is 0 Å². The summed E-state index contributed by atoms with van der Waals surface area (Å²) in [4.78, 5) is 8.99. The molecule has 0 aliphatic carbocycles. The molecular formula is CH3O3Pb. The van der Waals surface area contributed by atoms with Crippen molar-refractivity contribution in [1.29, 1.82) is 0 Å². The first-order valence-corrected chi connectivity index (χ1v) is 2.26. The van der Waals surface area contributed by atoms with Gasteiger partial charge in [-0.25, -0.2) is 0 Å². The van der Waals surface area contributed by atoms with Crippen LogP contribution in [0.3, 0.4) is 0 Å². The standard InChI is InChI=1S/CH2O2.H2O.Pb/c2-1-3;;/h1H,(H,2,3);1H2;/q;;+1/p-1. The SMILES string of the molecule is O.O=C[O][Pb]. The van der Waals surface area contributed by atoms with Gasteiger partial charge in [-0.1, -0.05) is 0 Å². The molecule has 2 N–H and O–H groups in total. The van der Waals surface area contributed by atoms with E-state index in [4.69, 9.17) is 4.79 Å². The van der Waals surface area contributed by atoms with E-state index in [-0.39, 0.29) is 5.48 Å². The molecule has 0 heterocycles. The topological polar surface area (TPSA) is 57.8 Å². The Labute approximate surface area is 46.0 Å². The third kappa shape index (κ3) is 13.2. The van der Waals surface area contributed by atoms with Gasteiger partial charge in [0, 0.05) is 0 Å². The van der Waals surface area contributed by atoms with Crippen LogP contribution < -0.4 is 0 Å². The summed E-state index contributed by atoms with van der Waals surface area (Å²) in [7, 11) is 0. The molecule has 3 radical (unpaired) electrons. The fraction of sp³-hybridized carbons (Fsp3) is 0. The molecule has 5 heavy (non-hydrogen) atoms. The van der Waals surface area contributed by atoms with Crippen molar-refractivity contribution in [2.45, 2.75) is 0 Å². The first-order chi connectivity index (χ1) is 1.91. The molecule has 0 saturated heterocycles. The third-order valence-corrected chi connectivity index (χ3v) is 0.422. The van der Waals surface area contributed by atoms with Gasteiger partial charge in [0.1, 0.15) is 0 Å². The van der Waals surface area contributed by atoms with Crippen molar-refractivity contribution >= 4 is 32.7 Å². The number of hydrogen-bond acceptors (Lipinski definition) is 2. The second-order valence-corrected chi connectivity index (χ2v) is 1.13. The van der Waals surface area contributed by atoms with E-state index >= 15 is 0 Å². The fourth-order valence-corrected chi connectivity index (χ4v) is 0. The van der Waals surface area contributed by atoms with Gasteiger partial charge in [-0.05, 0) is 0 Å². The predicted molar refractivity (Wildman–Crippen MR) is 16.5 cm³/mol. The van der Waals surface area contributed by atoms with E-state index in [0.717, 1.165) is 0 Å². The van der Waals surface area contributed by atoms with E-state index in [2.05, 4.69) is 2.69 Å². The van der Waals surface area contributed by atoms with Crippen LogP contribution in [-0.2, 0) is 7.48 Å². The van der Waals surface area contributed by atoms with Gasteiger partial charge >= 0.3 is 40.2 Å². The molecule has 0 bridgehead atoms. The second kappa shape index (κ2) is 8.84. The molecule has 4 heteroatoms. The van der Waals surface area contributed by atoms with E-state index in [9.17, 15) is 0 Å². The Kier molecular flexibility index (Phi) is 15.9. The van der Waals surface area contributed by atoms with Gasteiger partial charge in [-0.2, -0.15) is 0 Å². The van der Waals surface area contributed by atoms with Crippen molar-refractivity contribution in [3.05, 3.63) is 0 Å². The van der Waals surface area contributed by atoms with E-state index in [0.29, 0.717) is 32.7 Å². The van der Waals surface area contributed by atoms with Crippen LogP contribution in [-0.4, -0.2) is 38.2 Å². The van der Waals surface area contributed by atoms with E-state index in [1.54, 1.807) is 0 Å². The molecule has 29 valence electrons. The zero-order chi connectivity index (χ0) is 3.41. The van der Waals surface area contributed by atoms with Crippen molar-refractivity contribution in [3.8, 4) is 0 Å². The summed E-state index contributed by atoms with van der Waals surface area (Å²) in [6.07, 6.45) is 0. The molecule has 0 aliphatic rings. The monoisotopic (exact) mass is 271 g/mol. The quantitative estimate of drug-likeness (QED) is 0.426. The van der Waals surface area contributed by atoms with E-state index in [1.807, 2.05) is 0 Å². The molecule has 0 rings (SSSR count). The van der Waals surface area contributed by atoms with Gasteiger partial charge < -0.3 is 5.48 Å². The molecule has 0 fully saturated rings. The van der Waals surface area contributed by atoms with Crippen LogP contribution in [0.25, 0.3) is 0 Å². The molecule has 0 spiro atoms. The molecule has 0 unspecified atom stereocenters. The van der Waals surface area contributed by atoms with Crippen LogP contribution in [0.1, 0.15) is 0 Å². The molecule has 0 aromatic heterocycles. The molecule has 3 nitrogen and oxygen atoms in total. The average Bonchev–Trinajstić information content (AvgIpc) is 1.37. The second-order valence-electron chi connectivity index (χ2n) is 0.214. The Balaban J connectivity index is 0. The van der Waals surface area contributed by atoms with Gasteiger partial charge in [0.2, 0.25) is 0 Å². The van der Waals surface area contributed by atoms with Gasteiger partial charge in [-0.15, -0.1) is 0 Å². The van der Waals surface area contributed by atoms with Crippen molar-refractivity contribution < 1.29 is 13.0 Å². The van der Waals surface area contributed by atoms with Gasteiger partial charge in [0.15, 0.2) is 0 Å². The maximum absolute atomic E-state index is 8.99. The summed E-state index contributed by atoms with van der Waals surface area (Å²) in [6.45, 7) is 0.437. The summed E-state index contributed by atoms with van der Waals surface area (Å²) in [5.74, 6) is 0. The molecule has 0 aliphatic heterocycles. The van der Waals surface area contributed by atoms with E-state index < -0.39 is 0 Å². The maximum atomic E-state index is 8.99. The predicted octanol–water partition coefficient (Wildman–Crippen LogP) is -1.58. The Morgan fingerprint density at radius 1 is 1.80 bits per heavy atom. The number of hydrogen-bond donors (Lipinski definition) is 0. The summed E-state index contributed by atoms with van der Waals surface area (Å²) >= 11 is 0.522. The average molecular weight is 270 g/mol. The van der Waals surface area contributed by atoms with Crippen LogP contribution in [0, 0.1) is 0 Å². The van der Waals surface area contributed by atoms with Gasteiger partial charge in [0.05, 0.1) is 0 Å². The molecule has 0 atom stereocenters. The Morgan fingerprint density at radius 3 is 2.00 bits per heavy atom. The zero-order valence-electron chi connectivity index (χ0n) is 2.39. The minimum atomic E-state index is 0. The Hall–Kier alpha value is 0.352. The number of rotatable bonds is 1. The number of carbonyl (C=O) groups is 1. The third-order valence-electron chi connectivity index (χ3n) is 0.0481. The molecule has 0 saturated carbocycles. The van der Waals surface area contributed by atoms with Crippen LogP contribution in [0.4, 0.5) is 0 Å². The molecule has 0 aromatic rings. The van der Waals surface area contributed by atoms with Crippen molar-refractivity contribution in [1.82, 2.24) is 0 Å². The number of carbonyl (C=O) groups excluding carboxylic acids is 1. The van der Waals surface area contributed by atoms with Gasteiger partial charge in [-0.3, -0.25) is 0 Å². The summed E-state index contributed by atoms with van der Waals surface area (Å²) < 4.78 is 4.00. The van der Waals surface area contributed by atoms with Gasteiger partial charge in [0.25, 0.3) is 0 Å². The van der Waals surface area contributed by atoms with Crippen molar-refractivity contribution in [2.24, 2.45) is 0 Å². The van der Waals surface area contributed by atoms with E-state index in [1.165, 1.54) is 0 Å². The fourth-order valence-electron chi connectivity index (χ4n) is 0. The summed E-state index contributed by atoms with van der Waals surface area (Å²) in [6, 6.07) is 0. The Morgan fingerprint density at radius 2 is 2.00 bits per heavy atom. The molecular weight excluding hydrogens is 267 g/mol. The first-order valence-electron chi connectivity index (χ1n) is 0.676. The Bertz CT molecular complexity index is 20.9. The minimum absolute atomic E-state index is 0.